The van der Waals surface area contributed by atoms with Crippen LogP contribution in [0.3, 0.4) is 0 Å². The number of benzene rings is 2. The molecule has 0 saturated heterocycles. The molecule has 0 bridgehead atoms. The quantitative estimate of drug-likeness (QED) is 0.584. The summed E-state index contributed by atoms with van der Waals surface area (Å²) < 4.78 is 53.8. The fourth-order valence-electron chi connectivity index (χ4n) is 1.89. The molecule has 0 heterocycles. The molecular weight excluding hydrogens is 352 g/mol. The topological polar surface area (TPSA) is 17.1 Å². The zero-order valence-electron chi connectivity index (χ0n) is 10.6. The van der Waals surface area contributed by atoms with Crippen LogP contribution in [0.15, 0.2) is 34.8 Å². The molecule has 6 heteroatoms. The van der Waals surface area contributed by atoms with Crippen LogP contribution >= 0.6 is 15.9 Å². The summed E-state index contributed by atoms with van der Waals surface area (Å²) in [7, 11) is 0. The van der Waals surface area contributed by atoms with E-state index in [1.54, 1.807) is 0 Å². The van der Waals surface area contributed by atoms with Gasteiger partial charge in [-0.25, -0.2) is 17.6 Å². The van der Waals surface area contributed by atoms with E-state index in [1.165, 1.54) is 18.2 Å². The van der Waals surface area contributed by atoms with Crippen LogP contribution in [0.2, 0.25) is 0 Å². The van der Waals surface area contributed by atoms with Gasteiger partial charge in [-0.15, -0.1) is 0 Å². The first-order valence-corrected chi connectivity index (χ1v) is 6.76. The molecule has 110 valence electrons. The summed E-state index contributed by atoms with van der Waals surface area (Å²) in [6.45, 7) is 0. The minimum Gasteiger partial charge on any atom is -0.299 e. The Kier molecular flexibility index (Phi) is 4.77. The van der Waals surface area contributed by atoms with Crippen molar-refractivity contribution in [2.45, 2.75) is 12.8 Å². The predicted molar refractivity (Wildman–Crippen MR) is 72.8 cm³/mol. The first-order chi connectivity index (χ1) is 9.90. The lowest BCUT2D eigenvalue weighted by Crippen LogP contribution is -2.11. The highest BCUT2D eigenvalue weighted by molar-refractivity contribution is 9.10. The van der Waals surface area contributed by atoms with Crippen LogP contribution in [0, 0.1) is 23.3 Å². The molecule has 0 aromatic heterocycles. The summed E-state index contributed by atoms with van der Waals surface area (Å²) in [5, 5.41) is 0. The first kappa shape index (κ1) is 15.7. The molecule has 0 amide bonds. The number of carbonyl (C=O) groups is 1. The van der Waals surface area contributed by atoms with Crippen molar-refractivity contribution < 1.29 is 22.4 Å². The monoisotopic (exact) mass is 360 g/mol. The third kappa shape index (κ3) is 3.50. The van der Waals surface area contributed by atoms with E-state index in [4.69, 9.17) is 0 Å². The van der Waals surface area contributed by atoms with Crippen LogP contribution in [0.4, 0.5) is 17.6 Å². The molecule has 0 aliphatic rings. The Balaban J connectivity index is 2.20. The highest BCUT2D eigenvalue weighted by Gasteiger charge is 2.18. The van der Waals surface area contributed by atoms with E-state index in [0.717, 1.165) is 12.1 Å². The number of halogens is 5. The van der Waals surface area contributed by atoms with Crippen molar-refractivity contribution in [3.63, 3.8) is 0 Å². The lowest BCUT2D eigenvalue weighted by molar-refractivity contribution is -0.117. The minimum atomic E-state index is -1.12. The minimum absolute atomic E-state index is 0.0311. The van der Waals surface area contributed by atoms with Crippen molar-refractivity contribution in [1.29, 1.82) is 0 Å². The van der Waals surface area contributed by atoms with E-state index in [9.17, 15) is 22.4 Å². The molecule has 0 radical (unpaired) electrons. The van der Waals surface area contributed by atoms with Crippen molar-refractivity contribution in [2.24, 2.45) is 0 Å². The van der Waals surface area contributed by atoms with Crippen LogP contribution in [0.25, 0.3) is 0 Å². The SMILES string of the molecule is O=C(Cc1cccc(F)c1F)Cc1c(F)ccc(Br)c1F. The molecular formula is C15H9BrF4O. The number of rotatable bonds is 4. The van der Waals surface area contributed by atoms with Gasteiger partial charge in [0.25, 0.3) is 0 Å². The summed E-state index contributed by atoms with van der Waals surface area (Å²) in [5.41, 5.74) is -0.540. The fraction of sp³-hybridized carbons (Fsp3) is 0.133. The van der Waals surface area contributed by atoms with Crippen molar-refractivity contribution in [3.05, 3.63) is 69.2 Å². The second-order valence-electron chi connectivity index (χ2n) is 4.43. The van der Waals surface area contributed by atoms with Gasteiger partial charge in [0, 0.05) is 18.4 Å². The molecule has 2 aromatic rings. The maximum absolute atomic E-state index is 13.7. The summed E-state index contributed by atoms with van der Waals surface area (Å²) >= 11 is 2.90. The van der Waals surface area contributed by atoms with Gasteiger partial charge in [-0.1, -0.05) is 12.1 Å². The Morgan fingerprint density at radius 1 is 0.905 bits per heavy atom. The lowest BCUT2D eigenvalue weighted by atomic mass is 10.0. The molecule has 2 rings (SSSR count). The van der Waals surface area contributed by atoms with Gasteiger partial charge in [0.1, 0.15) is 17.4 Å². The van der Waals surface area contributed by atoms with Crippen molar-refractivity contribution in [1.82, 2.24) is 0 Å². The normalized spacial score (nSPS) is 10.7. The van der Waals surface area contributed by atoms with Crippen LogP contribution < -0.4 is 0 Å². The summed E-state index contributed by atoms with van der Waals surface area (Å²) in [6, 6.07) is 5.66. The second kappa shape index (κ2) is 6.39. The van der Waals surface area contributed by atoms with Gasteiger partial charge in [-0.05, 0) is 39.7 Å². The lowest BCUT2D eigenvalue weighted by Gasteiger charge is -2.07. The highest BCUT2D eigenvalue weighted by atomic mass is 79.9. The molecule has 0 N–H and O–H groups in total. The third-order valence-corrected chi connectivity index (χ3v) is 3.54. The molecule has 2 aromatic carbocycles. The van der Waals surface area contributed by atoms with Gasteiger partial charge >= 0.3 is 0 Å². The maximum Gasteiger partial charge on any atom is 0.162 e. The van der Waals surface area contributed by atoms with E-state index in [1.807, 2.05) is 0 Å². The van der Waals surface area contributed by atoms with Crippen molar-refractivity contribution in [2.75, 3.05) is 0 Å². The zero-order valence-corrected chi connectivity index (χ0v) is 12.2. The Hall–Kier alpha value is -1.69. The smallest absolute Gasteiger partial charge is 0.162 e. The number of carbonyl (C=O) groups excluding carboxylic acids is 1. The fourth-order valence-corrected chi connectivity index (χ4v) is 2.26. The standard InChI is InChI=1S/C15H9BrF4O/c16-11-4-5-12(17)10(15(11)20)7-9(21)6-8-2-1-3-13(18)14(8)19/h1-5H,6-7H2. The van der Waals surface area contributed by atoms with Crippen molar-refractivity contribution >= 4 is 21.7 Å². The van der Waals surface area contributed by atoms with Gasteiger partial charge in [0.2, 0.25) is 0 Å². The van der Waals surface area contributed by atoms with Crippen LogP contribution in [0.1, 0.15) is 11.1 Å². The first-order valence-electron chi connectivity index (χ1n) is 5.97. The number of ketones is 1. The summed E-state index contributed by atoms with van der Waals surface area (Å²) in [4.78, 5) is 11.8. The Morgan fingerprint density at radius 3 is 2.33 bits per heavy atom. The number of hydrogen-bond donors (Lipinski definition) is 0. The van der Waals surface area contributed by atoms with Gasteiger partial charge < -0.3 is 0 Å². The Bertz CT molecular complexity index is 700. The molecule has 0 unspecified atom stereocenters. The van der Waals surface area contributed by atoms with Crippen LogP contribution in [-0.4, -0.2) is 5.78 Å². The van der Waals surface area contributed by atoms with E-state index in [2.05, 4.69) is 15.9 Å². The summed E-state index contributed by atoms with van der Waals surface area (Å²) in [5.74, 6) is -4.54. The molecule has 1 nitrogen and oxygen atoms in total. The average Bonchev–Trinajstić information content (AvgIpc) is 2.44. The van der Waals surface area contributed by atoms with E-state index < -0.39 is 47.5 Å². The van der Waals surface area contributed by atoms with Crippen LogP contribution in [0.5, 0.6) is 0 Å². The van der Waals surface area contributed by atoms with Crippen molar-refractivity contribution in [3.8, 4) is 0 Å². The Labute approximate surface area is 126 Å². The van der Waals surface area contributed by atoms with E-state index in [0.29, 0.717) is 0 Å². The predicted octanol–water partition coefficient (Wildman–Crippen LogP) is 4.36. The molecule has 0 aliphatic heterocycles. The highest BCUT2D eigenvalue weighted by Crippen LogP contribution is 2.23. The number of Topliss-reactive ketones (excluding diaryl/α,β-unsaturated/α-hetero) is 1. The second-order valence-corrected chi connectivity index (χ2v) is 5.28. The maximum atomic E-state index is 13.7. The van der Waals surface area contributed by atoms with E-state index in [-0.39, 0.29) is 10.0 Å². The molecule has 0 fully saturated rings. The van der Waals surface area contributed by atoms with Gasteiger partial charge in [-0.2, -0.15) is 0 Å². The Morgan fingerprint density at radius 2 is 1.62 bits per heavy atom. The van der Waals surface area contributed by atoms with Gasteiger partial charge in [0.05, 0.1) is 4.47 Å². The molecule has 0 aliphatic carbocycles. The largest absolute Gasteiger partial charge is 0.299 e. The van der Waals surface area contributed by atoms with Crippen LogP contribution in [-0.2, 0) is 17.6 Å². The summed E-state index contributed by atoms with van der Waals surface area (Å²) in [6.07, 6.45) is -0.970. The van der Waals surface area contributed by atoms with E-state index >= 15 is 0 Å². The molecule has 0 saturated carbocycles. The van der Waals surface area contributed by atoms with Gasteiger partial charge in [0.15, 0.2) is 11.6 Å². The molecule has 0 atom stereocenters. The average molecular weight is 361 g/mol. The zero-order chi connectivity index (χ0) is 15.6. The molecule has 21 heavy (non-hydrogen) atoms. The third-order valence-electron chi connectivity index (χ3n) is 2.93. The van der Waals surface area contributed by atoms with Gasteiger partial charge in [-0.3, -0.25) is 4.79 Å². The molecule has 0 spiro atoms. The number of hydrogen-bond acceptors (Lipinski definition) is 1.